The van der Waals surface area contributed by atoms with Crippen LogP contribution in [0.2, 0.25) is 0 Å². The molecule has 0 saturated carbocycles. The molecular weight excluding hydrogens is 270 g/mol. The lowest BCUT2D eigenvalue weighted by Crippen LogP contribution is -2.48. The van der Waals surface area contributed by atoms with Gasteiger partial charge < -0.3 is 14.2 Å². The molecule has 0 amide bonds. The van der Waals surface area contributed by atoms with Gasteiger partial charge in [-0.3, -0.25) is 5.32 Å². The molecular formula is C16H25NO4. The maximum atomic E-state index is 12.3. The van der Waals surface area contributed by atoms with E-state index in [0.29, 0.717) is 29.5 Å². The third kappa shape index (κ3) is 3.88. The van der Waals surface area contributed by atoms with Gasteiger partial charge in [0.15, 0.2) is 0 Å². The van der Waals surface area contributed by atoms with E-state index in [4.69, 9.17) is 14.2 Å². The van der Waals surface area contributed by atoms with E-state index in [0.717, 1.165) is 0 Å². The van der Waals surface area contributed by atoms with Crippen molar-refractivity contribution in [3.63, 3.8) is 0 Å². The number of carbonyl (C=O) groups is 1. The number of carbonyl (C=O) groups excluding carboxylic acids is 1. The highest BCUT2D eigenvalue weighted by Gasteiger charge is 2.39. The van der Waals surface area contributed by atoms with Crippen molar-refractivity contribution in [2.45, 2.75) is 26.3 Å². The fraction of sp³-hybridized carbons (Fsp3) is 0.562. The molecule has 0 aliphatic rings. The van der Waals surface area contributed by atoms with Crippen LogP contribution in [0.3, 0.4) is 0 Å². The Kier molecular flexibility index (Phi) is 6.03. The summed E-state index contributed by atoms with van der Waals surface area (Å²) in [6.45, 7) is 6.62. The van der Waals surface area contributed by atoms with Crippen molar-refractivity contribution in [2.75, 3.05) is 27.9 Å². The summed E-state index contributed by atoms with van der Waals surface area (Å²) in [7, 11) is 4.54. The van der Waals surface area contributed by atoms with Gasteiger partial charge in [0.25, 0.3) is 0 Å². The van der Waals surface area contributed by atoms with E-state index in [-0.39, 0.29) is 5.97 Å². The van der Waals surface area contributed by atoms with Crippen LogP contribution in [0, 0.1) is 5.92 Å². The topological polar surface area (TPSA) is 56.8 Å². The summed E-state index contributed by atoms with van der Waals surface area (Å²) in [4.78, 5) is 12.3. The molecule has 0 spiro atoms. The highest BCUT2D eigenvalue weighted by atomic mass is 16.5. The zero-order valence-corrected chi connectivity index (χ0v) is 13.6. The van der Waals surface area contributed by atoms with Crippen LogP contribution < -0.4 is 14.8 Å². The lowest BCUT2D eigenvalue weighted by molar-refractivity contribution is -0.148. The normalized spacial score (nSPS) is 13.7. The first-order valence-corrected chi connectivity index (χ1v) is 6.95. The van der Waals surface area contributed by atoms with Crippen LogP contribution in [0.1, 0.15) is 26.3 Å². The molecule has 0 aliphatic carbocycles. The maximum absolute atomic E-state index is 12.3. The van der Waals surface area contributed by atoms with Crippen molar-refractivity contribution in [3.8, 4) is 11.5 Å². The lowest BCUT2D eigenvalue weighted by Gasteiger charge is -2.31. The average molecular weight is 295 g/mol. The summed E-state index contributed by atoms with van der Waals surface area (Å²) < 4.78 is 15.6. The molecule has 5 nitrogen and oxygen atoms in total. The van der Waals surface area contributed by atoms with Gasteiger partial charge in [0.1, 0.15) is 17.0 Å². The highest BCUT2D eigenvalue weighted by Crippen LogP contribution is 2.34. The van der Waals surface area contributed by atoms with Crippen molar-refractivity contribution in [1.82, 2.24) is 5.32 Å². The van der Waals surface area contributed by atoms with Crippen LogP contribution in [0.5, 0.6) is 11.5 Å². The molecule has 1 aromatic carbocycles. The van der Waals surface area contributed by atoms with E-state index >= 15 is 0 Å². The molecule has 5 heteroatoms. The van der Waals surface area contributed by atoms with Gasteiger partial charge in [-0.25, -0.2) is 4.79 Å². The Morgan fingerprint density at radius 2 is 1.90 bits per heavy atom. The summed E-state index contributed by atoms with van der Waals surface area (Å²) in [5.41, 5.74) is -0.310. The van der Waals surface area contributed by atoms with Crippen molar-refractivity contribution in [2.24, 2.45) is 5.92 Å². The summed E-state index contributed by atoms with van der Waals surface area (Å²) >= 11 is 0. The molecule has 0 aromatic heterocycles. The number of hydrogen-bond acceptors (Lipinski definition) is 5. The first-order chi connectivity index (χ1) is 9.88. The fourth-order valence-corrected chi connectivity index (χ4v) is 2.09. The minimum absolute atomic E-state index is 0.366. The van der Waals surface area contributed by atoms with Crippen LogP contribution in [-0.2, 0) is 15.1 Å². The third-order valence-electron chi connectivity index (χ3n) is 3.40. The van der Waals surface area contributed by atoms with Crippen LogP contribution in [0.15, 0.2) is 18.2 Å². The minimum atomic E-state index is -1.00. The summed E-state index contributed by atoms with van der Waals surface area (Å²) in [5, 5.41) is 3.28. The standard InChI is InChI=1S/C16H25NO4/c1-11(2)10-17-16(3,15(18)21-6)13-9-12(19-4)7-8-14(13)20-5/h7-9,11,17H,10H2,1-6H3. The molecule has 1 N–H and O–H groups in total. The average Bonchev–Trinajstić information content (AvgIpc) is 2.50. The molecule has 21 heavy (non-hydrogen) atoms. The predicted octanol–water partition coefficient (Wildman–Crippen LogP) is 2.34. The quantitative estimate of drug-likeness (QED) is 0.782. The molecule has 118 valence electrons. The second kappa shape index (κ2) is 7.31. The number of benzene rings is 1. The van der Waals surface area contributed by atoms with E-state index in [1.807, 2.05) is 0 Å². The second-order valence-electron chi connectivity index (χ2n) is 5.46. The molecule has 0 heterocycles. The van der Waals surface area contributed by atoms with Crippen molar-refractivity contribution in [3.05, 3.63) is 23.8 Å². The van der Waals surface area contributed by atoms with Crippen molar-refractivity contribution >= 4 is 5.97 Å². The number of esters is 1. The Morgan fingerprint density at radius 3 is 2.38 bits per heavy atom. The molecule has 0 radical (unpaired) electrons. The minimum Gasteiger partial charge on any atom is -0.497 e. The molecule has 0 fully saturated rings. The number of methoxy groups -OCH3 is 3. The first-order valence-electron chi connectivity index (χ1n) is 6.95. The van der Waals surface area contributed by atoms with Gasteiger partial charge in [0, 0.05) is 5.56 Å². The van der Waals surface area contributed by atoms with Crippen molar-refractivity contribution < 1.29 is 19.0 Å². The summed E-state index contributed by atoms with van der Waals surface area (Å²) in [6.07, 6.45) is 0. The third-order valence-corrected chi connectivity index (χ3v) is 3.40. The van der Waals surface area contributed by atoms with E-state index in [1.165, 1.54) is 7.11 Å². The van der Waals surface area contributed by atoms with Gasteiger partial charge in [-0.15, -0.1) is 0 Å². The van der Waals surface area contributed by atoms with Crippen LogP contribution in [0.25, 0.3) is 0 Å². The van der Waals surface area contributed by atoms with Crippen molar-refractivity contribution in [1.29, 1.82) is 0 Å². The largest absolute Gasteiger partial charge is 0.497 e. The smallest absolute Gasteiger partial charge is 0.330 e. The molecule has 1 unspecified atom stereocenters. The number of ether oxygens (including phenoxy) is 3. The fourth-order valence-electron chi connectivity index (χ4n) is 2.09. The van der Waals surface area contributed by atoms with Gasteiger partial charge >= 0.3 is 5.97 Å². The monoisotopic (exact) mass is 295 g/mol. The lowest BCUT2D eigenvalue weighted by atomic mass is 9.90. The molecule has 1 rings (SSSR count). The maximum Gasteiger partial charge on any atom is 0.330 e. The van der Waals surface area contributed by atoms with Gasteiger partial charge in [-0.05, 0) is 37.6 Å². The number of nitrogens with one attached hydrogen (secondary N) is 1. The van der Waals surface area contributed by atoms with Gasteiger partial charge in [0.2, 0.25) is 0 Å². The Balaban J connectivity index is 3.33. The Hall–Kier alpha value is -1.75. The van der Waals surface area contributed by atoms with Crippen LogP contribution >= 0.6 is 0 Å². The zero-order chi connectivity index (χ0) is 16.0. The van der Waals surface area contributed by atoms with Crippen LogP contribution in [-0.4, -0.2) is 33.8 Å². The summed E-state index contributed by atoms with van der Waals surface area (Å²) in [6, 6.07) is 5.37. The highest BCUT2D eigenvalue weighted by molar-refractivity contribution is 5.83. The van der Waals surface area contributed by atoms with Gasteiger partial charge in [0.05, 0.1) is 21.3 Å². The second-order valence-corrected chi connectivity index (χ2v) is 5.46. The molecule has 1 aromatic rings. The Bertz CT molecular complexity index is 487. The molecule has 1 atom stereocenters. The number of hydrogen-bond donors (Lipinski definition) is 1. The SMILES string of the molecule is COC(=O)C(C)(NCC(C)C)c1cc(OC)ccc1OC. The van der Waals surface area contributed by atoms with Crippen LogP contribution in [0.4, 0.5) is 0 Å². The van der Waals surface area contributed by atoms with E-state index in [2.05, 4.69) is 19.2 Å². The Morgan fingerprint density at radius 1 is 1.24 bits per heavy atom. The summed E-state index contributed by atoms with van der Waals surface area (Å²) in [5.74, 6) is 1.30. The molecule has 0 aliphatic heterocycles. The van der Waals surface area contributed by atoms with Gasteiger partial charge in [-0.2, -0.15) is 0 Å². The van der Waals surface area contributed by atoms with Gasteiger partial charge in [-0.1, -0.05) is 13.8 Å². The zero-order valence-electron chi connectivity index (χ0n) is 13.6. The van der Waals surface area contributed by atoms with E-state index in [1.54, 1.807) is 39.3 Å². The first kappa shape index (κ1) is 17.3. The Labute approximate surface area is 126 Å². The predicted molar refractivity (Wildman–Crippen MR) is 81.8 cm³/mol. The number of rotatable bonds is 7. The molecule has 0 saturated heterocycles. The van der Waals surface area contributed by atoms with E-state index < -0.39 is 5.54 Å². The molecule has 0 bridgehead atoms. The van der Waals surface area contributed by atoms with E-state index in [9.17, 15) is 4.79 Å².